The van der Waals surface area contributed by atoms with Gasteiger partial charge in [-0.1, -0.05) is 69.2 Å². The van der Waals surface area contributed by atoms with Gasteiger partial charge in [-0.05, 0) is 48.2 Å². The van der Waals surface area contributed by atoms with Crippen molar-refractivity contribution in [2.45, 2.75) is 45.6 Å². The SMILES string of the molecule is CCCC(CCC)Oc1ccc(-c2ccccc2C(=N)N)cc1Nc1nc2ccccc2o1. The number of nitrogens with zero attached hydrogens (tertiary/aromatic N) is 1. The average molecular weight is 443 g/mol. The highest BCUT2D eigenvalue weighted by Gasteiger charge is 2.16. The van der Waals surface area contributed by atoms with E-state index < -0.39 is 0 Å². The topological polar surface area (TPSA) is 97.2 Å². The van der Waals surface area contributed by atoms with Crippen LogP contribution in [-0.4, -0.2) is 16.9 Å². The van der Waals surface area contributed by atoms with Crippen LogP contribution in [0.3, 0.4) is 0 Å². The summed E-state index contributed by atoms with van der Waals surface area (Å²) < 4.78 is 12.3. The van der Waals surface area contributed by atoms with Gasteiger partial charge in [0.05, 0.1) is 11.8 Å². The minimum Gasteiger partial charge on any atom is -0.488 e. The monoisotopic (exact) mass is 442 g/mol. The Morgan fingerprint density at radius 1 is 1.03 bits per heavy atom. The maximum atomic E-state index is 7.96. The van der Waals surface area contributed by atoms with Crippen molar-refractivity contribution in [2.24, 2.45) is 5.73 Å². The van der Waals surface area contributed by atoms with Crippen LogP contribution in [0.2, 0.25) is 0 Å². The van der Waals surface area contributed by atoms with E-state index in [-0.39, 0.29) is 11.9 Å². The first-order valence-electron chi connectivity index (χ1n) is 11.5. The van der Waals surface area contributed by atoms with Crippen molar-refractivity contribution in [1.82, 2.24) is 4.98 Å². The van der Waals surface area contributed by atoms with E-state index in [4.69, 9.17) is 20.3 Å². The molecule has 0 aliphatic carbocycles. The van der Waals surface area contributed by atoms with Gasteiger partial charge >= 0.3 is 0 Å². The van der Waals surface area contributed by atoms with Gasteiger partial charge in [-0.15, -0.1) is 0 Å². The molecule has 0 aliphatic rings. The van der Waals surface area contributed by atoms with E-state index in [1.165, 1.54) is 0 Å². The molecular weight excluding hydrogens is 412 g/mol. The first-order valence-corrected chi connectivity index (χ1v) is 11.5. The Balaban J connectivity index is 1.75. The Bertz CT molecular complexity index is 1210. The maximum absolute atomic E-state index is 7.96. The number of aromatic nitrogens is 1. The second-order valence-corrected chi connectivity index (χ2v) is 8.10. The van der Waals surface area contributed by atoms with Gasteiger partial charge in [0.1, 0.15) is 17.1 Å². The minimum atomic E-state index is 0.0327. The number of hydrogen-bond acceptors (Lipinski definition) is 5. The molecule has 0 spiro atoms. The van der Waals surface area contributed by atoms with Gasteiger partial charge in [0.25, 0.3) is 6.01 Å². The Hall–Kier alpha value is -3.80. The predicted molar refractivity (Wildman–Crippen MR) is 134 cm³/mol. The highest BCUT2D eigenvalue weighted by molar-refractivity contribution is 6.01. The van der Waals surface area contributed by atoms with Gasteiger partial charge < -0.3 is 20.2 Å². The number of para-hydroxylation sites is 2. The lowest BCUT2D eigenvalue weighted by atomic mass is 9.98. The van der Waals surface area contributed by atoms with E-state index in [2.05, 4.69) is 24.1 Å². The number of nitrogens with two attached hydrogens (primary N) is 1. The molecular formula is C27H30N4O2. The standard InChI is InChI=1S/C27H30N4O2/c1-3-9-19(10-4-2)32-25-16-15-18(20-11-5-6-12-21(20)26(28)29)17-23(25)31-27-30-22-13-7-8-14-24(22)33-27/h5-8,11-17,19H,3-4,9-10H2,1-2H3,(H3,28,29)(H,30,31). The van der Waals surface area contributed by atoms with Crippen molar-refractivity contribution < 1.29 is 9.15 Å². The molecule has 0 saturated heterocycles. The summed E-state index contributed by atoms with van der Waals surface area (Å²) in [5.74, 6) is 0.776. The lowest BCUT2D eigenvalue weighted by molar-refractivity contribution is 0.180. The van der Waals surface area contributed by atoms with Crippen LogP contribution < -0.4 is 15.8 Å². The summed E-state index contributed by atoms with van der Waals surface area (Å²) >= 11 is 0. The fourth-order valence-corrected chi connectivity index (χ4v) is 3.99. The molecule has 1 aromatic heterocycles. The summed E-state index contributed by atoms with van der Waals surface area (Å²) in [6.45, 7) is 4.34. The van der Waals surface area contributed by atoms with Gasteiger partial charge in [-0.25, -0.2) is 0 Å². The minimum absolute atomic E-state index is 0.0327. The molecule has 0 aliphatic heterocycles. The fraction of sp³-hybridized carbons (Fsp3) is 0.259. The summed E-state index contributed by atoms with van der Waals surface area (Å²) in [4.78, 5) is 4.56. The molecule has 170 valence electrons. The third-order valence-corrected chi connectivity index (χ3v) is 5.56. The number of fused-ring (bicyclic) bond motifs is 1. The zero-order valence-electron chi connectivity index (χ0n) is 19.1. The predicted octanol–water partition coefficient (Wildman–Crippen LogP) is 6.87. The lowest BCUT2D eigenvalue weighted by Gasteiger charge is -2.21. The van der Waals surface area contributed by atoms with Crippen LogP contribution in [-0.2, 0) is 0 Å². The lowest BCUT2D eigenvalue weighted by Crippen LogP contribution is -2.16. The summed E-state index contributed by atoms with van der Waals surface area (Å²) in [7, 11) is 0. The van der Waals surface area contributed by atoms with E-state index in [9.17, 15) is 0 Å². The van der Waals surface area contributed by atoms with E-state index in [0.717, 1.165) is 59.3 Å². The summed E-state index contributed by atoms with van der Waals surface area (Å²) in [6.07, 6.45) is 4.24. The van der Waals surface area contributed by atoms with Crippen molar-refractivity contribution in [1.29, 1.82) is 5.41 Å². The van der Waals surface area contributed by atoms with Crippen LogP contribution in [0.25, 0.3) is 22.2 Å². The Morgan fingerprint density at radius 2 is 1.76 bits per heavy atom. The molecule has 0 amide bonds. The number of amidine groups is 1. The molecule has 33 heavy (non-hydrogen) atoms. The zero-order valence-corrected chi connectivity index (χ0v) is 19.1. The van der Waals surface area contributed by atoms with Crippen molar-refractivity contribution in [3.05, 3.63) is 72.3 Å². The number of oxazole rings is 1. The molecule has 3 aromatic carbocycles. The van der Waals surface area contributed by atoms with Crippen LogP contribution in [0.1, 0.15) is 45.1 Å². The van der Waals surface area contributed by atoms with Gasteiger partial charge in [-0.3, -0.25) is 5.41 Å². The Kier molecular flexibility index (Phi) is 6.93. The molecule has 1 heterocycles. The van der Waals surface area contributed by atoms with Crippen LogP contribution in [0.4, 0.5) is 11.7 Å². The number of hydrogen-bond donors (Lipinski definition) is 3. The highest BCUT2D eigenvalue weighted by Crippen LogP contribution is 2.36. The molecule has 6 nitrogen and oxygen atoms in total. The van der Waals surface area contributed by atoms with Gasteiger partial charge in [0.15, 0.2) is 5.58 Å². The third-order valence-electron chi connectivity index (χ3n) is 5.56. The van der Waals surface area contributed by atoms with Crippen LogP contribution >= 0.6 is 0 Å². The number of ether oxygens (including phenoxy) is 1. The van der Waals surface area contributed by atoms with Crippen LogP contribution in [0, 0.1) is 5.41 Å². The molecule has 0 unspecified atom stereocenters. The van der Waals surface area contributed by atoms with E-state index in [0.29, 0.717) is 11.6 Å². The molecule has 6 heteroatoms. The van der Waals surface area contributed by atoms with Crippen LogP contribution in [0.5, 0.6) is 5.75 Å². The number of anilines is 2. The molecule has 4 aromatic rings. The summed E-state index contributed by atoms with van der Waals surface area (Å²) in [5.41, 5.74) is 10.6. The van der Waals surface area contributed by atoms with Crippen LogP contribution in [0.15, 0.2) is 71.1 Å². The van der Waals surface area contributed by atoms with E-state index in [1.807, 2.05) is 66.7 Å². The molecule has 4 N–H and O–H groups in total. The zero-order chi connectivity index (χ0) is 23.2. The number of benzene rings is 3. The first kappa shape index (κ1) is 22.4. The quantitative estimate of drug-likeness (QED) is 0.184. The second kappa shape index (κ2) is 10.2. The van der Waals surface area contributed by atoms with Crippen molar-refractivity contribution in [3.8, 4) is 16.9 Å². The second-order valence-electron chi connectivity index (χ2n) is 8.10. The molecule has 4 rings (SSSR count). The normalized spacial score (nSPS) is 11.1. The van der Waals surface area contributed by atoms with Gasteiger partial charge in [0, 0.05) is 5.56 Å². The number of nitrogen functional groups attached to an aromatic ring is 1. The fourth-order valence-electron chi connectivity index (χ4n) is 3.99. The molecule has 0 atom stereocenters. The molecule has 0 fully saturated rings. The summed E-state index contributed by atoms with van der Waals surface area (Å²) in [6, 6.07) is 21.7. The first-order chi connectivity index (χ1) is 16.1. The third kappa shape index (κ3) is 5.17. The molecule has 0 bridgehead atoms. The average Bonchev–Trinajstić information content (AvgIpc) is 3.23. The summed E-state index contributed by atoms with van der Waals surface area (Å²) in [5, 5.41) is 11.3. The largest absolute Gasteiger partial charge is 0.488 e. The van der Waals surface area contributed by atoms with Crippen molar-refractivity contribution >= 4 is 28.6 Å². The molecule has 0 radical (unpaired) electrons. The van der Waals surface area contributed by atoms with Gasteiger partial charge in [0.2, 0.25) is 0 Å². The van der Waals surface area contributed by atoms with Crippen molar-refractivity contribution in [2.75, 3.05) is 5.32 Å². The van der Waals surface area contributed by atoms with Crippen molar-refractivity contribution in [3.63, 3.8) is 0 Å². The highest BCUT2D eigenvalue weighted by atomic mass is 16.5. The van der Waals surface area contributed by atoms with E-state index >= 15 is 0 Å². The van der Waals surface area contributed by atoms with Gasteiger partial charge in [-0.2, -0.15) is 4.98 Å². The van der Waals surface area contributed by atoms with E-state index in [1.54, 1.807) is 0 Å². The number of rotatable bonds is 10. The maximum Gasteiger partial charge on any atom is 0.300 e. The molecule has 0 saturated carbocycles. The number of nitrogens with one attached hydrogen (secondary N) is 2. The smallest absolute Gasteiger partial charge is 0.300 e. The Labute approximate surface area is 194 Å². The Morgan fingerprint density at radius 3 is 2.48 bits per heavy atom.